The average Bonchev–Trinajstić information content (AvgIpc) is 3.41. The lowest BCUT2D eigenvalue weighted by atomic mass is 9.84. The lowest BCUT2D eigenvalue weighted by Gasteiger charge is -2.47. The molecule has 1 unspecified atom stereocenters. The van der Waals surface area contributed by atoms with Gasteiger partial charge in [-0.15, -0.1) is 0 Å². The number of aliphatic hydroxyl groups excluding tert-OH is 7. The van der Waals surface area contributed by atoms with Crippen LogP contribution in [0, 0.1) is 0 Å². The molecular formula is C28H57N7O14. The van der Waals surface area contributed by atoms with E-state index in [1.165, 1.54) is 0 Å². The van der Waals surface area contributed by atoms with Crippen molar-refractivity contribution in [1.29, 1.82) is 0 Å². The molecule has 19 atom stereocenters. The topological polar surface area (TPSA) is 374 Å². The summed E-state index contributed by atoms with van der Waals surface area (Å²) in [5, 5.41) is 76.0. The first-order chi connectivity index (χ1) is 23.4. The van der Waals surface area contributed by atoms with Gasteiger partial charge >= 0.3 is 0 Å². The molecule has 4 rings (SSSR count). The maximum absolute atomic E-state index is 11.3. The van der Waals surface area contributed by atoms with Gasteiger partial charge in [0.05, 0.1) is 38.0 Å². The fourth-order valence-corrected chi connectivity index (χ4v) is 6.47. The SMILES string of the molecule is NCCCNCCO[C@@H]1C(O[C@H]2O[C@@H](CN)[C@@H](O)[C@H](O)[C@H]2N)[C@@H](CO)O[C@H]1O[C@@H]1[C@@H](O)[C@H](N)C[C@H](N)[C@H]1O[C@H]1O[C@H](CO)[C@@H](O)[C@H](O)[C@H]1N. The van der Waals surface area contributed by atoms with Crippen LogP contribution in [0.4, 0.5) is 0 Å². The maximum atomic E-state index is 11.3. The van der Waals surface area contributed by atoms with Crippen LogP contribution in [0.1, 0.15) is 12.8 Å². The smallest absolute Gasteiger partial charge is 0.187 e. The van der Waals surface area contributed by atoms with E-state index < -0.39 is 129 Å². The van der Waals surface area contributed by atoms with Crippen LogP contribution in [-0.2, 0) is 33.2 Å². The second kappa shape index (κ2) is 18.8. The largest absolute Gasteiger partial charge is 0.394 e. The van der Waals surface area contributed by atoms with Crippen molar-refractivity contribution in [3.63, 3.8) is 0 Å². The summed E-state index contributed by atoms with van der Waals surface area (Å²) in [5.41, 5.74) is 36.2. The van der Waals surface area contributed by atoms with E-state index >= 15 is 0 Å². The van der Waals surface area contributed by atoms with E-state index in [9.17, 15) is 35.7 Å². The predicted molar refractivity (Wildman–Crippen MR) is 167 cm³/mol. The molecular weight excluding hydrogens is 658 g/mol. The van der Waals surface area contributed by atoms with Gasteiger partial charge in [0.15, 0.2) is 18.9 Å². The molecule has 0 amide bonds. The summed E-state index contributed by atoms with van der Waals surface area (Å²) >= 11 is 0. The molecule has 49 heavy (non-hydrogen) atoms. The van der Waals surface area contributed by atoms with Gasteiger partial charge < -0.3 is 109 Å². The van der Waals surface area contributed by atoms with Crippen molar-refractivity contribution in [2.24, 2.45) is 34.4 Å². The molecule has 0 aromatic heterocycles. The first-order valence-corrected chi connectivity index (χ1v) is 16.7. The van der Waals surface area contributed by atoms with Gasteiger partial charge in [-0.2, -0.15) is 0 Å². The fraction of sp³-hybridized carbons (Fsp3) is 1.00. The van der Waals surface area contributed by atoms with Crippen molar-refractivity contribution >= 4 is 0 Å². The standard InChI is InChI=1S/C28H57N7O14/c29-2-1-3-35-4-5-43-25-23(48-26-15(33)20(41)18(39)12(7-30)44-26)14(9-37)46-28(25)49-24-17(38)10(31)6-11(32)22(24)47-27-16(34)21(42)19(40)13(8-36)45-27/h10-28,35-42H,1-9,29-34H2/t10-,11+,12+,13-,14-,15-,16-,17+,18-,19-,20-,21-,22-,23?,24-,25-,26-,27-,28+/m1/s1. The highest BCUT2D eigenvalue weighted by Gasteiger charge is 2.55. The summed E-state index contributed by atoms with van der Waals surface area (Å²) in [4.78, 5) is 0. The maximum Gasteiger partial charge on any atom is 0.187 e. The Labute approximate surface area is 284 Å². The van der Waals surface area contributed by atoms with Crippen molar-refractivity contribution in [3.05, 3.63) is 0 Å². The molecule has 0 spiro atoms. The van der Waals surface area contributed by atoms with Crippen LogP contribution >= 0.6 is 0 Å². The van der Waals surface area contributed by atoms with Gasteiger partial charge in [0, 0.05) is 25.2 Å². The molecule has 20 N–H and O–H groups in total. The molecule has 288 valence electrons. The van der Waals surface area contributed by atoms with Crippen molar-refractivity contribution in [2.75, 3.05) is 46.0 Å². The minimum atomic E-state index is -1.52. The van der Waals surface area contributed by atoms with Gasteiger partial charge in [0.2, 0.25) is 0 Å². The molecule has 1 aliphatic carbocycles. The number of nitrogens with two attached hydrogens (primary N) is 6. The molecule has 0 aromatic rings. The molecule has 3 saturated heterocycles. The molecule has 4 aliphatic rings. The summed E-state index contributed by atoms with van der Waals surface area (Å²) in [6.07, 6.45) is -18.5. The summed E-state index contributed by atoms with van der Waals surface area (Å²) in [5.74, 6) is 0. The third kappa shape index (κ3) is 9.40. The van der Waals surface area contributed by atoms with Crippen molar-refractivity contribution in [1.82, 2.24) is 5.32 Å². The van der Waals surface area contributed by atoms with Crippen LogP contribution in [0.25, 0.3) is 0 Å². The Bertz CT molecular complexity index is 983. The second-order valence-electron chi connectivity index (χ2n) is 12.9. The highest BCUT2D eigenvalue weighted by atomic mass is 16.8. The van der Waals surface area contributed by atoms with Gasteiger partial charge in [-0.1, -0.05) is 0 Å². The quantitative estimate of drug-likeness (QED) is 0.0659. The summed E-state index contributed by atoms with van der Waals surface area (Å²) < 4.78 is 42.2. The zero-order valence-corrected chi connectivity index (χ0v) is 27.3. The normalized spacial score (nSPS) is 47.8. The van der Waals surface area contributed by atoms with E-state index in [1.54, 1.807) is 0 Å². The Morgan fingerprint density at radius 2 is 1.14 bits per heavy atom. The highest BCUT2D eigenvalue weighted by molar-refractivity contribution is 5.02. The lowest BCUT2D eigenvalue weighted by molar-refractivity contribution is -0.311. The Morgan fingerprint density at radius 3 is 1.73 bits per heavy atom. The highest BCUT2D eigenvalue weighted by Crippen LogP contribution is 2.35. The molecule has 0 aromatic carbocycles. The zero-order valence-electron chi connectivity index (χ0n) is 27.3. The molecule has 21 nitrogen and oxygen atoms in total. The third-order valence-electron chi connectivity index (χ3n) is 9.44. The molecule has 1 saturated carbocycles. The van der Waals surface area contributed by atoms with E-state index in [2.05, 4.69) is 5.32 Å². The molecule has 0 bridgehead atoms. The minimum absolute atomic E-state index is 0.0839. The third-order valence-corrected chi connectivity index (χ3v) is 9.44. The van der Waals surface area contributed by atoms with Crippen molar-refractivity contribution in [2.45, 2.75) is 129 Å². The average molecular weight is 716 g/mol. The van der Waals surface area contributed by atoms with Crippen molar-refractivity contribution in [3.8, 4) is 0 Å². The van der Waals surface area contributed by atoms with Crippen LogP contribution in [0.15, 0.2) is 0 Å². The number of rotatable bonds is 16. The Balaban J connectivity index is 1.57. The van der Waals surface area contributed by atoms with Crippen LogP contribution < -0.4 is 39.7 Å². The van der Waals surface area contributed by atoms with Crippen molar-refractivity contribution < 1.29 is 68.9 Å². The number of ether oxygens (including phenoxy) is 7. The Kier molecular flexibility index (Phi) is 15.7. The molecule has 3 aliphatic heterocycles. The molecule has 21 heteroatoms. The number of hydrogen-bond acceptors (Lipinski definition) is 21. The number of hydrogen-bond donors (Lipinski definition) is 14. The summed E-state index contributed by atoms with van der Waals surface area (Å²) in [6, 6.07) is -4.23. The Hall–Kier alpha value is -0.840. The first kappa shape index (κ1) is 40.9. The monoisotopic (exact) mass is 715 g/mol. The second-order valence-corrected chi connectivity index (χ2v) is 12.9. The first-order valence-electron chi connectivity index (χ1n) is 16.7. The lowest BCUT2D eigenvalue weighted by Crippen LogP contribution is -2.68. The van der Waals surface area contributed by atoms with E-state index in [0.29, 0.717) is 19.6 Å². The minimum Gasteiger partial charge on any atom is -0.394 e. The molecule has 3 heterocycles. The van der Waals surface area contributed by atoms with E-state index in [1.807, 2.05) is 0 Å². The van der Waals surface area contributed by atoms with E-state index in [-0.39, 0.29) is 19.6 Å². The zero-order chi connectivity index (χ0) is 36.0. The van der Waals surface area contributed by atoms with Gasteiger partial charge in [0.25, 0.3) is 0 Å². The molecule has 0 radical (unpaired) electrons. The van der Waals surface area contributed by atoms with Crippen LogP contribution in [0.5, 0.6) is 0 Å². The fourth-order valence-electron chi connectivity index (χ4n) is 6.47. The van der Waals surface area contributed by atoms with Crippen LogP contribution in [0.2, 0.25) is 0 Å². The summed E-state index contributed by atoms with van der Waals surface area (Å²) in [7, 11) is 0. The van der Waals surface area contributed by atoms with E-state index in [4.69, 9.17) is 67.6 Å². The Morgan fingerprint density at radius 1 is 0.592 bits per heavy atom. The number of aliphatic hydroxyl groups is 7. The van der Waals surface area contributed by atoms with Gasteiger partial charge in [-0.05, 0) is 25.9 Å². The van der Waals surface area contributed by atoms with Gasteiger partial charge in [0.1, 0.15) is 67.1 Å². The van der Waals surface area contributed by atoms with Gasteiger partial charge in [-0.25, -0.2) is 0 Å². The van der Waals surface area contributed by atoms with Crippen LogP contribution in [0.3, 0.4) is 0 Å². The van der Waals surface area contributed by atoms with E-state index in [0.717, 1.165) is 6.42 Å². The predicted octanol–water partition coefficient (Wildman–Crippen LogP) is -8.90. The summed E-state index contributed by atoms with van der Waals surface area (Å²) in [6.45, 7) is 0.208. The van der Waals surface area contributed by atoms with Gasteiger partial charge in [-0.3, -0.25) is 0 Å². The number of nitrogens with one attached hydrogen (secondary N) is 1. The van der Waals surface area contributed by atoms with Crippen LogP contribution in [-0.4, -0.2) is 198 Å². The molecule has 4 fully saturated rings.